The molecule has 3 heteroatoms. The van der Waals surface area contributed by atoms with Gasteiger partial charge in [0.1, 0.15) is 11.5 Å². The summed E-state index contributed by atoms with van der Waals surface area (Å²) in [6, 6.07) is 10.3. The summed E-state index contributed by atoms with van der Waals surface area (Å²) in [6.07, 6.45) is 5.85. The second-order valence-electron chi connectivity index (χ2n) is 4.56. The second kappa shape index (κ2) is 6.90. The fraction of sp³-hybridized carbons (Fsp3) is 0.312. The van der Waals surface area contributed by atoms with Crippen LogP contribution in [0.2, 0.25) is 0 Å². The van der Waals surface area contributed by atoms with E-state index in [2.05, 4.69) is 29.4 Å². The Bertz CT molecular complexity index is 508. The van der Waals surface area contributed by atoms with Gasteiger partial charge in [0.15, 0.2) is 0 Å². The van der Waals surface area contributed by atoms with Gasteiger partial charge in [-0.3, -0.25) is 4.98 Å². The van der Waals surface area contributed by atoms with Crippen molar-refractivity contribution in [1.82, 2.24) is 10.3 Å². The van der Waals surface area contributed by atoms with E-state index in [1.807, 2.05) is 31.4 Å². The molecule has 100 valence electrons. The molecule has 0 fully saturated rings. The summed E-state index contributed by atoms with van der Waals surface area (Å²) in [6.45, 7) is 2.98. The van der Waals surface area contributed by atoms with Crippen LogP contribution in [0.25, 0.3) is 0 Å². The third-order valence-electron chi connectivity index (χ3n) is 2.85. The number of rotatable bonds is 6. The molecule has 0 aliphatic rings. The Balaban J connectivity index is 2.05. The summed E-state index contributed by atoms with van der Waals surface area (Å²) < 4.78 is 5.81. The van der Waals surface area contributed by atoms with Gasteiger partial charge in [-0.2, -0.15) is 0 Å². The highest BCUT2D eigenvalue weighted by Crippen LogP contribution is 2.22. The molecule has 2 rings (SSSR count). The van der Waals surface area contributed by atoms with Crippen molar-refractivity contribution >= 4 is 0 Å². The fourth-order valence-electron chi connectivity index (χ4n) is 1.97. The van der Waals surface area contributed by atoms with Crippen LogP contribution in [0.4, 0.5) is 0 Å². The quantitative estimate of drug-likeness (QED) is 0.858. The minimum absolute atomic E-state index is 0.774. The number of benzene rings is 1. The lowest BCUT2D eigenvalue weighted by molar-refractivity contribution is 0.479. The monoisotopic (exact) mass is 256 g/mol. The molecule has 0 aliphatic carbocycles. The minimum Gasteiger partial charge on any atom is -0.456 e. The van der Waals surface area contributed by atoms with E-state index >= 15 is 0 Å². The van der Waals surface area contributed by atoms with Gasteiger partial charge in [0, 0.05) is 12.7 Å². The van der Waals surface area contributed by atoms with E-state index in [4.69, 9.17) is 4.74 Å². The molecule has 1 aromatic carbocycles. The van der Waals surface area contributed by atoms with Crippen LogP contribution in [-0.2, 0) is 13.0 Å². The first-order valence-electron chi connectivity index (χ1n) is 6.67. The molecule has 0 aliphatic heterocycles. The number of aromatic nitrogens is 1. The van der Waals surface area contributed by atoms with Crippen molar-refractivity contribution in [3.05, 3.63) is 53.9 Å². The summed E-state index contributed by atoms with van der Waals surface area (Å²) >= 11 is 0. The van der Waals surface area contributed by atoms with Crippen LogP contribution in [0, 0.1) is 0 Å². The van der Waals surface area contributed by atoms with Gasteiger partial charge in [0.25, 0.3) is 0 Å². The molecule has 0 saturated carbocycles. The number of aryl methyl sites for hydroxylation is 1. The van der Waals surface area contributed by atoms with E-state index in [1.54, 1.807) is 6.20 Å². The minimum atomic E-state index is 0.774. The summed E-state index contributed by atoms with van der Waals surface area (Å²) in [7, 11) is 1.92. The molecule has 0 bridgehead atoms. The van der Waals surface area contributed by atoms with Gasteiger partial charge in [-0.25, -0.2) is 0 Å². The van der Waals surface area contributed by atoms with Gasteiger partial charge in [-0.1, -0.05) is 25.5 Å². The summed E-state index contributed by atoms with van der Waals surface area (Å²) in [4.78, 5) is 4.18. The van der Waals surface area contributed by atoms with E-state index in [-0.39, 0.29) is 0 Å². The third-order valence-corrected chi connectivity index (χ3v) is 2.85. The zero-order valence-electron chi connectivity index (χ0n) is 11.5. The lowest BCUT2D eigenvalue weighted by Crippen LogP contribution is -2.05. The van der Waals surface area contributed by atoms with E-state index in [0.29, 0.717) is 0 Å². The highest BCUT2D eigenvalue weighted by molar-refractivity contribution is 5.33. The third kappa shape index (κ3) is 4.07. The Kier molecular flexibility index (Phi) is 4.93. The largest absolute Gasteiger partial charge is 0.456 e. The van der Waals surface area contributed by atoms with Gasteiger partial charge in [-0.05, 0) is 42.8 Å². The number of nitrogens with one attached hydrogen (secondary N) is 1. The van der Waals surface area contributed by atoms with E-state index in [9.17, 15) is 0 Å². The van der Waals surface area contributed by atoms with Gasteiger partial charge < -0.3 is 10.1 Å². The number of pyridine rings is 1. The van der Waals surface area contributed by atoms with Crippen molar-refractivity contribution < 1.29 is 4.74 Å². The molecule has 0 unspecified atom stereocenters. The standard InChI is InChI=1S/C16H20N2O/c1-3-4-13-5-7-15(8-6-13)19-16-9-14(10-17-2)11-18-12-16/h5-9,11-12,17H,3-4,10H2,1-2H3. The van der Waals surface area contributed by atoms with Crippen LogP contribution >= 0.6 is 0 Å². The van der Waals surface area contributed by atoms with Crippen molar-refractivity contribution in [3.63, 3.8) is 0 Å². The smallest absolute Gasteiger partial charge is 0.146 e. The molecule has 2 aromatic rings. The zero-order valence-corrected chi connectivity index (χ0v) is 11.5. The van der Waals surface area contributed by atoms with Crippen LogP contribution in [-0.4, -0.2) is 12.0 Å². The Morgan fingerprint density at radius 3 is 2.53 bits per heavy atom. The van der Waals surface area contributed by atoms with Crippen LogP contribution in [0.5, 0.6) is 11.5 Å². The number of hydrogen-bond acceptors (Lipinski definition) is 3. The zero-order chi connectivity index (χ0) is 13.5. The Morgan fingerprint density at radius 2 is 1.84 bits per heavy atom. The van der Waals surface area contributed by atoms with Crippen LogP contribution in [0.1, 0.15) is 24.5 Å². The molecule has 1 heterocycles. The topological polar surface area (TPSA) is 34.1 Å². The predicted octanol–water partition coefficient (Wildman–Crippen LogP) is 3.55. The maximum absolute atomic E-state index is 5.81. The summed E-state index contributed by atoms with van der Waals surface area (Å²) in [5, 5.41) is 3.10. The van der Waals surface area contributed by atoms with E-state index < -0.39 is 0 Å². The molecule has 0 radical (unpaired) electrons. The Hall–Kier alpha value is -1.87. The molecule has 0 spiro atoms. The van der Waals surface area contributed by atoms with E-state index in [1.165, 1.54) is 5.56 Å². The van der Waals surface area contributed by atoms with Gasteiger partial charge in [0.2, 0.25) is 0 Å². The average Bonchev–Trinajstić information content (AvgIpc) is 2.42. The molecule has 0 amide bonds. The van der Waals surface area contributed by atoms with Crippen molar-refractivity contribution in [1.29, 1.82) is 0 Å². The molecule has 1 N–H and O–H groups in total. The number of hydrogen-bond donors (Lipinski definition) is 1. The first-order valence-corrected chi connectivity index (χ1v) is 6.67. The van der Waals surface area contributed by atoms with Crippen LogP contribution in [0.15, 0.2) is 42.7 Å². The fourth-order valence-corrected chi connectivity index (χ4v) is 1.97. The molecule has 19 heavy (non-hydrogen) atoms. The molecule has 0 saturated heterocycles. The highest BCUT2D eigenvalue weighted by atomic mass is 16.5. The predicted molar refractivity (Wildman–Crippen MR) is 77.5 cm³/mol. The average molecular weight is 256 g/mol. The SMILES string of the molecule is CCCc1ccc(Oc2cncc(CNC)c2)cc1. The van der Waals surface area contributed by atoms with Crippen molar-refractivity contribution in [2.75, 3.05) is 7.05 Å². The normalized spacial score (nSPS) is 10.4. The van der Waals surface area contributed by atoms with Crippen molar-refractivity contribution in [2.45, 2.75) is 26.3 Å². The second-order valence-corrected chi connectivity index (χ2v) is 4.56. The molecular weight excluding hydrogens is 236 g/mol. The van der Waals surface area contributed by atoms with Gasteiger partial charge in [-0.15, -0.1) is 0 Å². The number of nitrogens with zero attached hydrogens (tertiary/aromatic N) is 1. The van der Waals surface area contributed by atoms with Crippen LogP contribution in [0.3, 0.4) is 0 Å². The molecular formula is C16H20N2O. The van der Waals surface area contributed by atoms with Gasteiger partial charge in [0.05, 0.1) is 6.20 Å². The molecule has 0 atom stereocenters. The maximum Gasteiger partial charge on any atom is 0.146 e. The lowest BCUT2D eigenvalue weighted by Gasteiger charge is -2.07. The highest BCUT2D eigenvalue weighted by Gasteiger charge is 2.00. The Labute approximate surface area is 114 Å². The van der Waals surface area contributed by atoms with E-state index in [0.717, 1.165) is 36.4 Å². The first kappa shape index (κ1) is 13.6. The summed E-state index contributed by atoms with van der Waals surface area (Å²) in [5.74, 6) is 1.62. The first-order chi connectivity index (χ1) is 9.31. The van der Waals surface area contributed by atoms with Crippen LogP contribution < -0.4 is 10.1 Å². The molecule has 1 aromatic heterocycles. The lowest BCUT2D eigenvalue weighted by atomic mass is 10.1. The van der Waals surface area contributed by atoms with Gasteiger partial charge >= 0.3 is 0 Å². The Morgan fingerprint density at radius 1 is 1.05 bits per heavy atom. The number of ether oxygens (including phenoxy) is 1. The van der Waals surface area contributed by atoms with Crippen molar-refractivity contribution in [3.8, 4) is 11.5 Å². The maximum atomic E-state index is 5.81. The summed E-state index contributed by atoms with van der Waals surface area (Å²) in [5.41, 5.74) is 2.46. The molecule has 3 nitrogen and oxygen atoms in total. The van der Waals surface area contributed by atoms with Crippen molar-refractivity contribution in [2.24, 2.45) is 0 Å².